The number of nitrogens with zero attached hydrogens (tertiary/aromatic N) is 9. The summed E-state index contributed by atoms with van der Waals surface area (Å²) in [6, 6.07) is 12.1. The Kier molecular flexibility index (Phi) is 16.6. The summed E-state index contributed by atoms with van der Waals surface area (Å²) in [5, 5.41) is 34.3. The molecular formula is C50H54ClF3N12O8S. The molecule has 7 aromatic rings. The van der Waals surface area contributed by atoms with Gasteiger partial charge in [-0.3, -0.25) is 23.6 Å². The Bertz CT molecular complexity index is 3350. The summed E-state index contributed by atoms with van der Waals surface area (Å²) in [7, 11) is 1.71. The smallest absolute Gasteiger partial charge is 0.355 e. The highest BCUT2D eigenvalue weighted by atomic mass is 35.5. The lowest BCUT2D eigenvalue weighted by molar-refractivity contribution is -0.144. The van der Waals surface area contributed by atoms with Crippen LogP contribution in [0, 0.1) is 29.8 Å². The van der Waals surface area contributed by atoms with E-state index >= 15 is 0 Å². The number of thiophene rings is 1. The predicted molar refractivity (Wildman–Crippen MR) is 272 cm³/mol. The number of hydrogen-bond acceptors (Lipinski definition) is 14. The molecule has 5 heterocycles. The average molecular weight is 1080 g/mol. The molecule has 1 aliphatic heterocycles. The first-order valence-electron chi connectivity index (χ1n) is 23.7. The zero-order chi connectivity index (χ0) is 53.7. The van der Waals surface area contributed by atoms with E-state index in [1.807, 2.05) is 29.6 Å². The number of likely N-dealkylation sites (tertiary alicyclic amines) is 1. The van der Waals surface area contributed by atoms with Gasteiger partial charge in [0.1, 0.15) is 30.2 Å². The molecule has 396 valence electrons. The van der Waals surface area contributed by atoms with Gasteiger partial charge in [-0.15, -0.1) is 16.4 Å². The molecule has 0 spiro atoms. The molecule has 1 fully saturated rings. The van der Waals surface area contributed by atoms with Gasteiger partial charge in [-0.05, 0) is 58.7 Å². The van der Waals surface area contributed by atoms with Crippen LogP contribution in [-0.4, -0.2) is 118 Å². The van der Waals surface area contributed by atoms with Crippen LogP contribution < -0.4 is 27.3 Å². The fourth-order valence-electron chi connectivity index (χ4n) is 8.44. The fourth-order valence-corrected chi connectivity index (χ4v) is 9.58. The van der Waals surface area contributed by atoms with Gasteiger partial charge in [-0.1, -0.05) is 61.9 Å². The number of rotatable bonds is 20. The summed E-state index contributed by atoms with van der Waals surface area (Å²) in [5.74, 6) is -5.78. The van der Waals surface area contributed by atoms with Crippen molar-refractivity contribution in [2.45, 2.75) is 78.5 Å². The maximum Gasteiger partial charge on any atom is 0.355 e. The van der Waals surface area contributed by atoms with Gasteiger partial charge < -0.3 is 35.4 Å². The number of aliphatic hydroxyl groups is 1. The third kappa shape index (κ3) is 13.0. The van der Waals surface area contributed by atoms with E-state index in [2.05, 4.69) is 49.3 Å². The van der Waals surface area contributed by atoms with Crippen molar-refractivity contribution in [2.75, 3.05) is 38.3 Å². The lowest BCUT2D eigenvalue weighted by Crippen LogP contribution is -2.58. The fraction of sp³-hybridized carbons (Fsp3) is 0.380. The van der Waals surface area contributed by atoms with E-state index in [0.717, 1.165) is 20.3 Å². The molecule has 8 rings (SSSR count). The molecule has 0 radical (unpaired) electrons. The summed E-state index contributed by atoms with van der Waals surface area (Å²) >= 11 is 8.16. The lowest BCUT2D eigenvalue weighted by Gasteiger charge is -2.35. The number of amides is 3. The van der Waals surface area contributed by atoms with Crippen LogP contribution in [0.5, 0.6) is 0 Å². The molecular weight excluding hydrogens is 1020 g/mol. The molecule has 4 aromatic heterocycles. The van der Waals surface area contributed by atoms with Crippen LogP contribution in [-0.2, 0) is 57.1 Å². The molecule has 3 aromatic carbocycles. The Morgan fingerprint density at radius 1 is 0.947 bits per heavy atom. The molecule has 20 nitrogen and oxygen atoms in total. The van der Waals surface area contributed by atoms with E-state index in [1.54, 1.807) is 62.2 Å². The van der Waals surface area contributed by atoms with E-state index in [0.29, 0.717) is 23.0 Å². The number of carbonyl (C=O) groups excluding carboxylic acids is 3. The molecule has 3 amide bonds. The lowest BCUT2D eigenvalue weighted by atomic mass is 9.85. The number of aryl methyl sites for hydroxylation is 2. The number of benzene rings is 3. The second-order valence-corrected chi connectivity index (χ2v) is 20.4. The van der Waals surface area contributed by atoms with Crippen molar-refractivity contribution in [3.8, 4) is 10.4 Å². The zero-order valence-electron chi connectivity index (χ0n) is 41.5. The van der Waals surface area contributed by atoms with Crippen LogP contribution in [0.2, 0.25) is 5.02 Å². The van der Waals surface area contributed by atoms with Crippen LogP contribution in [0.3, 0.4) is 0 Å². The molecule has 75 heavy (non-hydrogen) atoms. The van der Waals surface area contributed by atoms with Crippen LogP contribution in [0.4, 0.5) is 24.8 Å². The Morgan fingerprint density at radius 2 is 1.69 bits per heavy atom. The third-order valence-electron chi connectivity index (χ3n) is 12.3. The van der Waals surface area contributed by atoms with Crippen LogP contribution >= 0.6 is 22.9 Å². The van der Waals surface area contributed by atoms with Crippen molar-refractivity contribution in [1.29, 1.82) is 0 Å². The van der Waals surface area contributed by atoms with Gasteiger partial charge >= 0.3 is 11.4 Å². The van der Waals surface area contributed by atoms with Gasteiger partial charge in [0.2, 0.25) is 23.7 Å². The number of carbonyl (C=O) groups is 3. The number of ether oxygens (including phenoxy) is 2. The first-order valence-corrected chi connectivity index (χ1v) is 25.0. The number of hydrogen-bond donors (Lipinski definition) is 4. The van der Waals surface area contributed by atoms with Crippen molar-refractivity contribution in [1.82, 2.24) is 54.4 Å². The highest BCUT2D eigenvalue weighted by Gasteiger charge is 2.44. The van der Waals surface area contributed by atoms with E-state index < -0.39 is 95.4 Å². The monoisotopic (exact) mass is 1070 g/mol. The first kappa shape index (κ1) is 54.0. The topological polar surface area (TPSA) is 235 Å². The van der Waals surface area contributed by atoms with Crippen LogP contribution in [0.15, 0.2) is 82.0 Å². The van der Waals surface area contributed by atoms with Gasteiger partial charge in [0.25, 0.3) is 0 Å². The number of aliphatic hydroxyl groups excluding tert-OH is 1. The molecule has 0 saturated carbocycles. The first-order chi connectivity index (χ1) is 35.7. The van der Waals surface area contributed by atoms with Crippen molar-refractivity contribution in [3.05, 3.63) is 138 Å². The molecule has 0 aliphatic carbocycles. The molecule has 25 heteroatoms. The minimum Gasteiger partial charge on any atom is -0.391 e. The van der Waals surface area contributed by atoms with E-state index in [1.165, 1.54) is 26.2 Å². The van der Waals surface area contributed by atoms with Crippen LogP contribution in [0.1, 0.15) is 49.6 Å². The second-order valence-electron chi connectivity index (χ2n) is 19.1. The van der Waals surface area contributed by atoms with Crippen molar-refractivity contribution in [3.63, 3.8) is 0 Å². The van der Waals surface area contributed by atoms with Gasteiger partial charge in [0, 0.05) is 54.6 Å². The molecule has 1 aliphatic rings. The van der Waals surface area contributed by atoms with Gasteiger partial charge in [0.15, 0.2) is 11.6 Å². The molecule has 0 unspecified atom stereocenters. The van der Waals surface area contributed by atoms with Gasteiger partial charge in [0.05, 0.1) is 68.0 Å². The minimum atomic E-state index is -1.43. The molecule has 0 bridgehead atoms. The number of nitrogens with one attached hydrogen (secondary N) is 3. The standard InChI is InChI=1S/C50H54ClF3N12O8S/c1-28-10-15-75-43(28)30-8-6-29(7-9-30)21-55-45(69)41-18-34(67)26-64(41)46(70)44(50(2,3)4)57-42(68)27-74-14-13-73-12-11-63-24-33(59-61-63)25-66-48(71)58-47(56-40-17-32-22-62(5)60-39(32)19-35(40)51)65(49(66)72)23-31-16-37(53)38(54)20-36(31)52/h6-10,15-17,19-20,22,24,34,41,44,67H,11-14,18,21,23,25-27H2,1-5H3,(H,55,69)(H,57,68)(H,56,58,71)/t34-,41+,44-/m1/s1. The summed E-state index contributed by atoms with van der Waals surface area (Å²) in [6.07, 6.45) is 2.29. The number of fused-ring (bicyclic) bond motifs is 1. The maximum atomic E-state index is 14.9. The quantitative estimate of drug-likeness (QED) is 0.0601. The molecule has 4 N–H and O–H groups in total. The van der Waals surface area contributed by atoms with Crippen LogP contribution in [0.25, 0.3) is 21.3 Å². The maximum absolute atomic E-state index is 14.9. The van der Waals surface area contributed by atoms with Gasteiger partial charge in [-0.25, -0.2) is 32.0 Å². The molecule has 3 atom stereocenters. The van der Waals surface area contributed by atoms with E-state index in [4.69, 9.17) is 21.1 Å². The number of aromatic nitrogens is 8. The Balaban J connectivity index is 0.816. The highest BCUT2D eigenvalue weighted by Crippen LogP contribution is 2.31. The largest absolute Gasteiger partial charge is 0.391 e. The predicted octanol–water partition coefficient (Wildman–Crippen LogP) is 4.67. The second kappa shape index (κ2) is 23.1. The van der Waals surface area contributed by atoms with Gasteiger partial charge in [-0.2, -0.15) is 10.1 Å². The number of anilines is 2. The third-order valence-corrected chi connectivity index (χ3v) is 13.7. The molecule has 1 saturated heterocycles. The summed E-state index contributed by atoms with van der Waals surface area (Å²) < 4.78 is 58.8. The Labute approximate surface area is 436 Å². The summed E-state index contributed by atoms with van der Waals surface area (Å²) in [6.45, 7) is 6.42. The Morgan fingerprint density at radius 3 is 2.43 bits per heavy atom. The SMILES string of the molecule is Cc1ccsc1-c1ccc(CNC(=O)[C@@H]2C[C@@H](O)CN2C(=O)[C@@H](NC(=O)COCCOCCn2cc(Cn3c(=O)nc(Nc4cc5cn(C)nc5cc4Cl)n(Cc4cc(F)c(F)cc4F)c3=O)nn2)C(C)(C)C)cc1. The van der Waals surface area contributed by atoms with Crippen molar-refractivity contribution < 1.29 is 42.1 Å². The van der Waals surface area contributed by atoms with E-state index in [-0.39, 0.29) is 68.2 Å². The van der Waals surface area contributed by atoms with E-state index in [9.17, 15) is 42.3 Å². The van der Waals surface area contributed by atoms with Crippen molar-refractivity contribution >= 4 is 63.2 Å². The minimum absolute atomic E-state index is 0.00685. The highest BCUT2D eigenvalue weighted by molar-refractivity contribution is 7.13. The Hall–Kier alpha value is -7.25. The normalized spacial score (nSPS) is 15.1. The number of β-amino-alcohol motifs (C(OH)–C–C–N with tert-alkyl or cyclic N) is 1. The van der Waals surface area contributed by atoms with Crippen molar-refractivity contribution in [2.24, 2.45) is 12.5 Å². The summed E-state index contributed by atoms with van der Waals surface area (Å²) in [5.41, 5.74) is 0.884. The number of halogens is 4. The average Bonchev–Trinajstić information content (AvgIpc) is 4.18. The summed E-state index contributed by atoms with van der Waals surface area (Å²) in [4.78, 5) is 74.5. The zero-order valence-corrected chi connectivity index (χ0v) is 43.1.